The molecular weight excluding hydrogens is 372 g/mol. The Labute approximate surface area is 167 Å². The standard InChI is InChI=1S/C21H22N4O4/c1-12(2)22-21(28)23-16-10-5-4-8-14(16)20(27)29-11-17-24-18-13(3)7-6-9-15(18)19(26)25-17/h4-10,12H,11H2,1-3H3,(H2,22,23,28)(H,24,25,26). The molecule has 2 amide bonds. The van der Waals surface area contributed by atoms with Crippen LogP contribution in [0.25, 0.3) is 10.9 Å². The molecule has 3 N–H and O–H groups in total. The van der Waals surface area contributed by atoms with Crippen LogP contribution in [-0.2, 0) is 11.3 Å². The second-order valence-corrected chi connectivity index (χ2v) is 6.86. The van der Waals surface area contributed by atoms with Crippen molar-refractivity contribution in [2.75, 3.05) is 5.32 Å². The van der Waals surface area contributed by atoms with E-state index in [2.05, 4.69) is 20.6 Å². The van der Waals surface area contributed by atoms with Gasteiger partial charge in [0, 0.05) is 6.04 Å². The average Bonchev–Trinajstić information content (AvgIpc) is 2.67. The highest BCUT2D eigenvalue weighted by Gasteiger charge is 2.16. The number of nitrogens with one attached hydrogen (secondary N) is 3. The van der Waals surface area contributed by atoms with E-state index in [1.807, 2.05) is 26.8 Å². The number of rotatable bonds is 5. The zero-order valence-electron chi connectivity index (χ0n) is 16.4. The first-order chi connectivity index (χ1) is 13.8. The van der Waals surface area contributed by atoms with E-state index in [-0.39, 0.29) is 29.6 Å². The minimum absolute atomic E-state index is 0.0478. The highest BCUT2D eigenvalue weighted by atomic mass is 16.5. The van der Waals surface area contributed by atoms with Crippen molar-refractivity contribution in [3.05, 3.63) is 69.8 Å². The monoisotopic (exact) mass is 394 g/mol. The molecule has 0 bridgehead atoms. The number of H-pyrrole nitrogens is 1. The Morgan fingerprint density at radius 1 is 1.14 bits per heavy atom. The van der Waals surface area contributed by atoms with E-state index in [9.17, 15) is 14.4 Å². The predicted molar refractivity (Wildman–Crippen MR) is 110 cm³/mol. The van der Waals surface area contributed by atoms with E-state index in [4.69, 9.17) is 4.74 Å². The van der Waals surface area contributed by atoms with Crippen LogP contribution in [0.3, 0.4) is 0 Å². The van der Waals surface area contributed by atoms with E-state index in [0.29, 0.717) is 16.6 Å². The molecule has 1 aromatic heterocycles. The van der Waals surface area contributed by atoms with Gasteiger partial charge in [-0.05, 0) is 44.5 Å². The molecule has 0 spiro atoms. The molecule has 29 heavy (non-hydrogen) atoms. The summed E-state index contributed by atoms with van der Waals surface area (Å²) in [7, 11) is 0. The number of benzene rings is 2. The summed E-state index contributed by atoms with van der Waals surface area (Å²) >= 11 is 0. The minimum atomic E-state index is -0.641. The van der Waals surface area contributed by atoms with E-state index < -0.39 is 12.0 Å². The normalized spacial score (nSPS) is 10.8. The summed E-state index contributed by atoms with van der Waals surface area (Å²) in [6.07, 6.45) is 0. The molecule has 150 valence electrons. The van der Waals surface area contributed by atoms with E-state index in [1.165, 1.54) is 0 Å². The van der Waals surface area contributed by atoms with Gasteiger partial charge in [0.2, 0.25) is 0 Å². The summed E-state index contributed by atoms with van der Waals surface area (Å²) in [6, 6.07) is 11.4. The molecule has 1 heterocycles. The Hall–Kier alpha value is -3.68. The number of aromatic nitrogens is 2. The second-order valence-electron chi connectivity index (χ2n) is 6.86. The summed E-state index contributed by atoms with van der Waals surface area (Å²) < 4.78 is 5.32. The molecule has 0 aliphatic carbocycles. The lowest BCUT2D eigenvalue weighted by atomic mass is 10.1. The summed E-state index contributed by atoms with van der Waals surface area (Å²) in [5.74, 6) is -0.397. The molecule has 0 saturated heterocycles. The number of hydrogen-bond donors (Lipinski definition) is 3. The van der Waals surface area contributed by atoms with Crippen LogP contribution in [0.1, 0.15) is 35.6 Å². The predicted octanol–water partition coefficient (Wildman–Crippen LogP) is 3.12. The third kappa shape index (κ3) is 4.78. The number of anilines is 1. The number of aryl methyl sites for hydroxylation is 1. The van der Waals surface area contributed by atoms with Crippen LogP contribution in [0.15, 0.2) is 47.3 Å². The van der Waals surface area contributed by atoms with Crippen LogP contribution in [0.5, 0.6) is 0 Å². The molecular formula is C21H22N4O4. The van der Waals surface area contributed by atoms with Gasteiger partial charge in [-0.15, -0.1) is 0 Å². The number of hydrogen-bond acceptors (Lipinski definition) is 5. The van der Waals surface area contributed by atoms with E-state index in [1.54, 1.807) is 36.4 Å². The summed E-state index contributed by atoms with van der Waals surface area (Å²) in [5.41, 5.74) is 1.65. The van der Waals surface area contributed by atoms with Crippen molar-refractivity contribution in [3.8, 4) is 0 Å². The van der Waals surface area contributed by atoms with Crippen molar-refractivity contribution < 1.29 is 14.3 Å². The fourth-order valence-electron chi connectivity index (χ4n) is 2.82. The van der Waals surface area contributed by atoms with Gasteiger partial charge in [0.25, 0.3) is 5.56 Å². The number of carbonyl (C=O) groups excluding carboxylic acids is 2. The molecule has 0 fully saturated rings. The van der Waals surface area contributed by atoms with Crippen molar-refractivity contribution in [2.45, 2.75) is 33.4 Å². The molecule has 8 nitrogen and oxygen atoms in total. The Balaban J connectivity index is 1.77. The Morgan fingerprint density at radius 3 is 2.66 bits per heavy atom. The number of carbonyl (C=O) groups is 2. The van der Waals surface area contributed by atoms with Crippen LogP contribution in [0, 0.1) is 6.92 Å². The Bertz CT molecular complexity index is 1120. The lowest BCUT2D eigenvalue weighted by molar-refractivity contribution is 0.0463. The van der Waals surface area contributed by atoms with Crippen LogP contribution < -0.4 is 16.2 Å². The van der Waals surface area contributed by atoms with Crippen molar-refractivity contribution in [3.63, 3.8) is 0 Å². The average molecular weight is 394 g/mol. The molecule has 0 radical (unpaired) electrons. The topological polar surface area (TPSA) is 113 Å². The maximum absolute atomic E-state index is 12.5. The molecule has 3 rings (SSSR count). The molecule has 0 aliphatic heterocycles. The molecule has 0 saturated carbocycles. The number of ether oxygens (including phenoxy) is 1. The third-order valence-corrected chi connectivity index (χ3v) is 4.14. The van der Waals surface area contributed by atoms with Gasteiger partial charge in [-0.2, -0.15) is 0 Å². The molecule has 0 aliphatic rings. The highest BCUT2D eigenvalue weighted by Crippen LogP contribution is 2.17. The number of amides is 2. The van der Waals surface area contributed by atoms with Crippen molar-refractivity contribution in [1.29, 1.82) is 0 Å². The van der Waals surface area contributed by atoms with Gasteiger partial charge in [0.05, 0.1) is 22.2 Å². The number of aromatic amines is 1. The molecule has 0 atom stereocenters. The molecule has 2 aromatic carbocycles. The van der Waals surface area contributed by atoms with Crippen molar-refractivity contribution in [2.24, 2.45) is 0 Å². The van der Waals surface area contributed by atoms with Crippen molar-refractivity contribution in [1.82, 2.24) is 15.3 Å². The van der Waals surface area contributed by atoms with Gasteiger partial charge in [-0.1, -0.05) is 24.3 Å². The quantitative estimate of drug-likeness (QED) is 0.576. The first-order valence-corrected chi connectivity index (χ1v) is 9.17. The van der Waals surface area contributed by atoms with E-state index in [0.717, 1.165) is 5.56 Å². The number of para-hydroxylation sites is 2. The summed E-state index contributed by atoms with van der Waals surface area (Å²) in [5, 5.41) is 5.81. The number of fused-ring (bicyclic) bond motifs is 1. The number of nitrogens with zero attached hydrogens (tertiary/aromatic N) is 1. The second kappa shape index (κ2) is 8.55. The molecule has 0 unspecified atom stereocenters. The van der Waals surface area contributed by atoms with Gasteiger partial charge >= 0.3 is 12.0 Å². The van der Waals surface area contributed by atoms with Crippen LogP contribution in [-0.4, -0.2) is 28.0 Å². The first-order valence-electron chi connectivity index (χ1n) is 9.17. The Morgan fingerprint density at radius 2 is 1.90 bits per heavy atom. The van der Waals surface area contributed by atoms with Gasteiger partial charge in [0.15, 0.2) is 0 Å². The maximum atomic E-state index is 12.5. The summed E-state index contributed by atoms with van der Waals surface area (Å²) in [4.78, 5) is 43.8. The fraction of sp³-hybridized carbons (Fsp3) is 0.238. The molecule has 8 heteroatoms. The highest BCUT2D eigenvalue weighted by molar-refractivity contribution is 6.00. The lowest BCUT2D eigenvalue weighted by Gasteiger charge is -2.13. The van der Waals surface area contributed by atoms with Gasteiger partial charge < -0.3 is 20.4 Å². The fourth-order valence-corrected chi connectivity index (χ4v) is 2.82. The zero-order chi connectivity index (χ0) is 21.0. The van der Waals surface area contributed by atoms with Gasteiger partial charge in [-0.25, -0.2) is 14.6 Å². The first kappa shape index (κ1) is 20.1. The maximum Gasteiger partial charge on any atom is 0.340 e. The van der Waals surface area contributed by atoms with Crippen LogP contribution in [0.2, 0.25) is 0 Å². The van der Waals surface area contributed by atoms with Crippen LogP contribution >= 0.6 is 0 Å². The Kier molecular flexibility index (Phi) is 5.92. The number of esters is 1. The van der Waals surface area contributed by atoms with Gasteiger partial charge in [0.1, 0.15) is 12.4 Å². The van der Waals surface area contributed by atoms with Gasteiger partial charge in [-0.3, -0.25) is 4.79 Å². The smallest absolute Gasteiger partial charge is 0.340 e. The minimum Gasteiger partial charge on any atom is -0.454 e. The van der Waals surface area contributed by atoms with Crippen molar-refractivity contribution >= 4 is 28.6 Å². The summed E-state index contributed by atoms with van der Waals surface area (Å²) in [6.45, 7) is 5.32. The molecule has 3 aromatic rings. The lowest BCUT2D eigenvalue weighted by Crippen LogP contribution is -2.34. The number of urea groups is 1. The SMILES string of the molecule is Cc1cccc2c(=O)[nH]c(COC(=O)c3ccccc3NC(=O)NC(C)C)nc12. The zero-order valence-corrected chi connectivity index (χ0v) is 16.4. The van der Waals surface area contributed by atoms with Crippen LogP contribution in [0.4, 0.5) is 10.5 Å². The third-order valence-electron chi connectivity index (χ3n) is 4.14. The largest absolute Gasteiger partial charge is 0.454 e. The van der Waals surface area contributed by atoms with E-state index >= 15 is 0 Å².